The van der Waals surface area contributed by atoms with Crippen molar-refractivity contribution >= 4 is 30.5 Å². The highest BCUT2D eigenvalue weighted by molar-refractivity contribution is 6.43. The number of nitrogens with one attached hydrogen (secondary N) is 1. The maximum absolute atomic E-state index is 12.7. The number of methoxy groups -OCH3 is 1. The van der Waals surface area contributed by atoms with Gasteiger partial charge in [-0.3, -0.25) is 9.59 Å². The molecule has 2 amide bonds. The average molecular weight is 477 g/mol. The third kappa shape index (κ3) is 9.96. The van der Waals surface area contributed by atoms with Crippen molar-refractivity contribution in [2.75, 3.05) is 26.8 Å². The molecule has 3 N–H and O–H groups in total. The van der Waals surface area contributed by atoms with Gasteiger partial charge in [-0.25, -0.2) is 0 Å². The third-order valence-electron chi connectivity index (χ3n) is 5.21. The Bertz CT molecular complexity index is 827. The number of amides is 2. The Morgan fingerprint density at radius 1 is 1.30 bits per heavy atom. The summed E-state index contributed by atoms with van der Waals surface area (Å²) in [5, 5.41) is 22.9. The van der Waals surface area contributed by atoms with Crippen molar-refractivity contribution < 1.29 is 24.4 Å². The van der Waals surface area contributed by atoms with Crippen LogP contribution in [-0.2, 0) is 9.53 Å². The Morgan fingerprint density at radius 2 is 1.97 bits per heavy atom. The summed E-state index contributed by atoms with van der Waals surface area (Å²) in [6, 6.07) is 6.56. The second-order valence-corrected chi connectivity index (χ2v) is 7.94. The molecular weight excluding hydrogens is 443 g/mol. The summed E-state index contributed by atoms with van der Waals surface area (Å²) >= 11 is 5.88. The van der Waals surface area contributed by atoms with Crippen LogP contribution in [0.15, 0.2) is 60.7 Å². The lowest BCUT2D eigenvalue weighted by atomic mass is 9.73. The van der Waals surface area contributed by atoms with E-state index in [4.69, 9.17) is 16.3 Å². The largest absolute Gasteiger partial charge is 0.475 e. The fraction of sp³-hybridized carbons (Fsp3) is 0.417. The number of halogens is 1. The Hall–Kier alpha value is -2.39. The van der Waals surface area contributed by atoms with Gasteiger partial charge >= 0.3 is 7.12 Å². The normalized spacial score (nSPS) is 13.5. The Labute approximate surface area is 201 Å². The molecule has 33 heavy (non-hydrogen) atoms. The van der Waals surface area contributed by atoms with Crippen LogP contribution in [0.2, 0.25) is 5.02 Å². The van der Waals surface area contributed by atoms with E-state index >= 15 is 0 Å². The molecule has 7 nitrogen and oxygen atoms in total. The number of hydrogen-bond donors (Lipinski definition) is 3. The van der Waals surface area contributed by atoms with Crippen molar-refractivity contribution in [2.24, 2.45) is 5.92 Å². The monoisotopic (exact) mass is 476 g/mol. The van der Waals surface area contributed by atoms with Crippen LogP contribution in [0.5, 0.6) is 0 Å². The standard InChI is InChI=1S/C24H34BClN2O5/c1-5-8-9-18(6-2)20(17-33-4)16-22(25(31)32)27-23(29)14-15-28(7-3)24(30)19-10-12-21(26)13-11-19/h5-6,8-13,20,22,31-32H,1,7,14-17H2,2-4H3,(H,27,29)/b9-8-,18-6+/t20-,22+/m1/s1. The molecule has 0 bridgehead atoms. The molecule has 0 aromatic heterocycles. The van der Waals surface area contributed by atoms with Gasteiger partial charge in [0.25, 0.3) is 5.91 Å². The third-order valence-corrected chi connectivity index (χ3v) is 5.46. The fourth-order valence-electron chi connectivity index (χ4n) is 3.40. The molecule has 0 heterocycles. The predicted octanol–water partition coefficient (Wildman–Crippen LogP) is 3.03. The lowest BCUT2D eigenvalue weighted by molar-refractivity contribution is -0.121. The Balaban J connectivity index is 2.79. The van der Waals surface area contributed by atoms with Crippen molar-refractivity contribution in [1.29, 1.82) is 0 Å². The molecule has 1 rings (SSSR count). The van der Waals surface area contributed by atoms with Crippen LogP contribution in [-0.4, -0.2) is 66.6 Å². The molecule has 0 aliphatic heterocycles. The number of carbonyl (C=O) groups excluding carboxylic acids is 2. The topological polar surface area (TPSA) is 99.1 Å². The molecule has 2 atom stereocenters. The number of carbonyl (C=O) groups is 2. The van der Waals surface area contributed by atoms with E-state index in [9.17, 15) is 19.6 Å². The van der Waals surface area contributed by atoms with E-state index in [-0.39, 0.29) is 37.1 Å². The average Bonchev–Trinajstić information content (AvgIpc) is 2.79. The van der Waals surface area contributed by atoms with Crippen LogP contribution in [0.4, 0.5) is 0 Å². The van der Waals surface area contributed by atoms with Crippen LogP contribution in [0.25, 0.3) is 0 Å². The zero-order valence-electron chi connectivity index (χ0n) is 19.5. The van der Waals surface area contributed by atoms with E-state index in [1.807, 2.05) is 26.0 Å². The highest BCUT2D eigenvalue weighted by Crippen LogP contribution is 2.20. The van der Waals surface area contributed by atoms with Gasteiger partial charge < -0.3 is 25.0 Å². The van der Waals surface area contributed by atoms with Crippen LogP contribution < -0.4 is 5.32 Å². The van der Waals surface area contributed by atoms with Gasteiger partial charge in [-0.15, -0.1) is 0 Å². The summed E-state index contributed by atoms with van der Waals surface area (Å²) in [6.45, 7) is 8.34. The highest BCUT2D eigenvalue weighted by Gasteiger charge is 2.29. The molecule has 0 saturated heterocycles. The molecule has 0 radical (unpaired) electrons. The van der Waals surface area contributed by atoms with Gasteiger partial charge in [-0.2, -0.15) is 0 Å². The van der Waals surface area contributed by atoms with Crippen molar-refractivity contribution in [3.05, 3.63) is 71.3 Å². The Morgan fingerprint density at radius 3 is 2.48 bits per heavy atom. The van der Waals surface area contributed by atoms with E-state index in [0.717, 1.165) is 5.57 Å². The molecule has 0 fully saturated rings. The van der Waals surface area contributed by atoms with Crippen molar-refractivity contribution in [3.8, 4) is 0 Å². The first-order valence-electron chi connectivity index (χ1n) is 10.9. The minimum Gasteiger partial charge on any atom is -0.426 e. The van der Waals surface area contributed by atoms with Crippen molar-refractivity contribution in [2.45, 2.75) is 32.6 Å². The van der Waals surface area contributed by atoms with E-state index in [1.165, 1.54) is 0 Å². The number of benzene rings is 1. The highest BCUT2D eigenvalue weighted by atomic mass is 35.5. The lowest BCUT2D eigenvalue weighted by Gasteiger charge is -2.25. The summed E-state index contributed by atoms with van der Waals surface area (Å²) in [6.07, 6.45) is 7.52. The van der Waals surface area contributed by atoms with Gasteiger partial charge in [0.05, 0.1) is 12.5 Å². The number of allylic oxidation sites excluding steroid dienone is 4. The van der Waals surface area contributed by atoms with E-state index < -0.39 is 13.1 Å². The van der Waals surface area contributed by atoms with Gasteiger partial charge in [0.2, 0.25) is 5.91 Å². The summed E-state index contributed by atoms with van der Waals surface area (Å²) in [5.41, 5.74) is 1.42. The van der Waals surface area contributed by atoms with Gasteiger partial charge in [-0.05, 0) is 50.1 Å². The fourth-order valence-corrected chi connectivity index (χ4v) is 3.53. The first-order valence-corrected chi connectivity index (χ1v) is 11.3. The van der Waals surface area contributed by atoms with E-state index in [0.29, 0.717) is 23.7 Å². The summed E-state index contributed by atoms with van der Waals surface area (Å²) in [4.78, 5) is 26.8. The number of rotatable bonds is 14. The SMILES string of the molecule is C=C/C=C\C(=C/C)[C@@H](COC)C[C@H](NC(=O)CCN(CC)C(=O)c1ccc(Cl)cc1)B(O)O. The lowest BCUT2D eigenvalue weighted by Crippen LogP contribution is -2.48. The van der Waals surface area contributed by atoms with Gasteiger partial charge in [-0.1, -0.05) is 42.5 Å². The van der Waals surface area contributed by atoms with Gasteiger partial charge in [0, 0.05) is 43.1 Å². The number of hydrogen-bond acceptors (Lipinski definition) is 5. The second kappa shape index (κ2) is 15.5. The molecule has 1 aromatic rings. The molecule has 0 spiro atoms. The van der Waals surface area contributed by atoms with E-state index in [1.54, 1.807) is 48.4 Å². The molecule has 9 heteroatoms. The van der Waals surface area contributed by atoms with Crippen LogP contribution in [0.1, 0.15) is 37.0 Å². The first-order chi connectivity index (χ1) is 15.8. The minimum absolute atomic E-state index is 0.0260. The van der Waals surface area contributed by atoms with Gasteiger partial charge in [0.1, 0.15) is 0 Å². The summed E-state index contributed by atoms with van der Waals surface area (Å²) in [7, 11) is -0.176. The number of nitrogens with zero attached hydrogens (tertiary/aromatic N) is 1. The molecule has 0 aliphatic rings. The maximum Gasteiger partial charge on any atom is 0.475 e. The minimum atomic E-state index is -1.74. The summed E-state index contributed by atoms with van der Waals surface area (Å²) < 4.78 is 5.29. The molecule has 180 valence electrons. The summed E-state index contributed by atoms with van der Waals surface area (Å²) in [5.74, 6) is -1.64. The van der Waals surface area contributed by atoms with Crippen LogP contribution in [0.3, 0.4) is 0 Å². The molecule has 0 saturated carbocycles. The maximum atomic E-state index is 12.7. The van der Waals surface area contributed by atoms with Gasteiger partial charge in [0.15, 0.2) is 0 Å². The second-order valence-electron chi connectivity index (χ2n) is 7.50. The molecule has 0 aliphatic carbocycles. The predicted molar refractivity (Wildman–Crippen MR) is 133 cm³/mol. The van der Waals surface area contributed by atoms with Crippen molar-refractivity contribution in [3.63, 3.8) is 0 Å². The van der Waals surface area contributed by atoms with E-state index in [2.05, 4.69) is 11.9 Å². The Kier molecular flexibility index (Phi) is 13.4. The first kappa shape index (κ1) is 28.6. The quantitative estimate of drug-likeness (QED) is 0.283. The zero-order chi connectivity index (χ0) is 24.8. The number of ether oxygens (including phenoxy) is 1. The molecule has 0 unspecified atom stereocenters. The molecular formula is C24H34BClN2O5. The molecule has 1 aromatic carbocycles. The smallest absolute Gasteiger partial charge is 0.426 e. The zero-order valence-corrected chi connectivity index (χ0v) is 20.3. The van der Waals surface area contributed by atoms with Crippen molar-refractivity contribution in [1.82, 2.24) is 10.2 Å². The van der Waals surface area contributed by atoms with Crippen LogP contribution >= 0.6 is 11.6 Å². The van der Waals surface area contributed by atoms with Crippen LogP contribution in [0, 0.1) is 5.92 Å².